The first-order valence-corrected chi connectivity index (χ1v) is 4.84. The van der Waals surface area contributed by atoms with Crippen LogP contribution in [0.2, 0.25) is 0 Å². The molecule has 0 saturated heterocycles. The van der Waals surface area contributed by atoms with Crippen molar-refractivity contribution in [3.05, 3.63) is 17.7 Å². The van der Waals surface area contributed by atoms with Gasteiger partial charge in [-0.2, -0.15) is 0 Å². The van der Waals surface area contributed by atoms with Crippen LogP contribution in [0.5, 0.6) is 0 Å². The Kier molecular flexibility index (Phi) is 3.85. The second-order valence-electron chi connectivity index (χ2n) is 3.30. The molecular weight excluding hydrogens is 148 g/mol. The van der Waals surface area contributed by atoms with E-state index in [0.717, 1.165) is 17.9 Å². The Morgan fingerprint density at radius 2 is 2.17 bits per heavy atom. The first-order valence-electron chi connectivity index (χ1n) is 4.84. The number of nitrogens with one attached hydrogen (secondary N) is 1. The Morgan fingerprint density at radius 1 is 1.33 bits per heavy atom. The molecule has 1 rings (SSSR count). The van der Waals surface area contributed by atoms with E-state index in [1.54, 1.807) is 0 Å². The first-order chi connectivity index (χ1) is 5.83. The van der Waals surface area contributed by atoms with E-state index in [4.69, 9.17) is 0 Å². The van der Waals surface area contributed by atoms with Gasteiger partial charge in [0, 0.05) is 12.6 Å². The quantitative estimate of drug-likeness (QED) is 0.669. The van der Waals surface area contributed by atoms with Crippen LogP contribution in [0.4, 0.5) is 0 Å². The summed E-state index contributed by atoms with van der Waals surface area (Å²) in [6.45, 7) is 4.25. The molecule has 0 amide bonds. The van der Waals surface area contributed by atoms with Crippen molar-refractivity contribution >= 4 is 0 Å². The van der Waals surface area contributed by atoms with Crippen LogP contribution in [-0.4, -0.2) is 9.97 Å². The molecule has 1 heterocycles. The normalized spacial score (nSPS) is 10.5. The summed E-state index contributed by atoms with van der Waals surface area (Å²) in [7, 11) is 0. The lowest BCUT2D eigenvalue weighted by atomic mass is 10.1. The zero-order chi connectivity index (χ0) is 8.81. The van der Waals surface area contributed by atoms with Crippen molar-refractivity contribution in [1.29, 1.82) is 0 Å². The van der Waals surface area contributed by atoms with E-state index in [1.807, 2.05) is 13.1 Å². The molecule has 2 heteroatoms. The number of aromatic amines is 1. The van der Waals surface area contributed by atoms with Crippen molar-refractivity contribution in [2.75, 3.05) is 0 Å². The topological polar surface area (TPSA) is 28.7 Å². The van der Waals surface area contributed by atoms with Gasteiger partial charge in [0.1, 0.15) is 5.82 Å². The number of unbranched alkanes of at least 4 members (excludes halogenated alkanes) is 3. The maximum Gasteiger partial charge on any atom is 0.106 e. The third-order valence-corrected chi connectivity index (χ3v) is 2.03. The van der Waals surface area contributed by atoms with Crippen molar-refractivity contribution < 1.29 is 0 Å². The lowest BCUT2D eigenvalue weighted by Gasteiger charge is -1.95. The molecule has 68 valence electrons. The van der Waals surface area contributed by atoms with Crippen LogP contribution in [0.25, 0.3) is 0 Å². The van der Waals surface area contributed by atoms with Gasteiger partial charge in [0.15, 0.2) is 0 Å². The minimum atomic E-state index is 1.10. The minimum Gasteiger partial charge on any atom is -0.348 e. The fraction of sp³-hybridized carbons (Fsp3) is 0.700. The molecule has 1 aromatic heterocycles. The molecule has 0 atom stereocenters. The molecule has 1 aromatic rings. The Balaban J connectivity index is 2.15. The van der Waals surface area contributed by atoms with Crippen LogP contribution in [0.15, 0.2) is 6.20 Å². The Bertz CT molecular complexity index is 215. The van der Waals surface area contributed by atoms with Crippen LogP contribution >= 0.6 is 0 Å². The minimum absolute atomic E-state index is 1.10. The van der Waals surface area contributed by atoms with Gasteiger partial charge in [-0.05, 0) is 13.3 Å². The summed E-state index contributed by atoms with van der Waals surface area (Å²) >= 11 is 0. The number of hydrogen-bond donors (Lipinski definition) is 1. The number of aryl methyl sites for hydroxylation is 2. The molecule has 0 fully saturated rings. The third-order valence-electron chi connectivity index (χ3n) is 2.03. The van der Waals surface area contributed by atoms with Crippen molar-refractivity contribution in [3.63, 3.8) is 0 Å². The van der Waals surface area contributed by atoms with Gasteiger partial charge in [-0.3, -0.25) is 0 Å². The van der Waals surface area contributed by atoms with Crippen molar-refractivity contribution in [1.82, 2.24) is 9.97 Å². The van der Waals surface area contributed by atoms with Gasteiger partial charge in [0.05, 0.1) is 5.69 Å². The predicted molar refractivity (Wildman–Crippen MR) is 51.2 cm³/mol. The second-order valence-corrected chi connectivity index (χ2v) is 3.30. The first kappa shape index (κ1) is 9.30. The smallest absolute Gasteiger partial charge is 0.106 e. The second kappa shape index (κ2) is 4.96. The summed E-state index contributed by atoms with van der Waals surface area (Å²) in [5.41, 5.74) is 1.10. The van der Waals surface area contributed by atoms with Gasteiger partial charge in [-0.15, -0.1) is 0 Å². The molecule has 0 aliphatic heterocycles. The average molecular weight is 166 g/mol. The molecule has 12 heavy (non-hydrogen) atoms. The highest BCUT2D eigenvalue weighted by Crippen LogP contribution is 2.04. The summed E-state index contributed by atoms with van der Waals surface area (Å²) in [5.74, 6) is 1.14. The molecule has 2 nitrogen and oxygen atoms in total. The molecule has 0 unspecified atom stereocenters. The third kappa shape index (κ3) is 3.07. The number of rotatable bonds is 5. The van der Waals surface area contributed by atoms with E-state index < -0.39 is 0 Å². The number of hydrogen-bond acceptors (Lipinski definition) is 1. The maximum atomic E-state index is 4.35. The maximum absolute atomic E-state index is 4.35. The zero-order valence-corrected chi connectivity index (χ0v) is 8.06. The van der Waals surface area contributed by atoms with Gasteiger partial charge in [-0.1, -0.05) is 26.2 Å². The fourth-order valence-electron chi connectivity index (χ4n) is 1.31. The largest absolute Gasteiger partial charge is 0.348 e. The summed E-state index contributed by atoms with van der Waals surface area (Å²) in [4.78, 5) is 7.52. The molecule has 1 N–H and O–H groups in total. The molecule has 0 radical (unpaired) electrons. The summed E-state index contributed by atoms with van der Waals surface area (Å²) in [5, 5.41) is 0. The monoisotopic (exact) mass is 166 g/mol. The predicted octanol–water partition coefficient (Wildman–Crippen LogP) is 2.84. The Labute approximate surface area is 74.4 Å². The van der Waals surface area contributed by atoms with Gasteiger partial charge in [0.25, 0.3) is 0 Å². The van der Waals surface area contributed by atoms with E-state index in [-0.39, 0.29) is 0 Å². The van der Waals surface area contributed by atoms with Crippen LogP contribution in [0.1, 0.15) is 44.1 Å². The van der Waals surface area contributed by atoms with Crippen molar-refractivity contribution in [2.24, 2.45) is 0 Å². The summed E-state index contributed by atoms with van der Waals surface area (Å²) < 4.78 is 0. The highest BCUT2D eigenvalue weighted by Gasteiger charge is 1.96. The number of aromatic nitrogens is 2. The highest BCUT2D eigenvalue weighted by molar-refractivity contribution is 4.98. The van der Waals surface area contributed by atoms with Crippen molar-refractivity contribution in [3.8, 4) is 0 Å². The Hall–Kier alpha value is -0.790. The van der Waals surface area contributed by atoms with E-state index in [1.165, 1.54) is 25.7 Å². The molecule has 0 aromatic carbocycles. The van der Waals surface area contributed by atoms with Crippen LogP contribution in [-0.2, 0) is 6.42 Å². The number of nitrogens with zero attached hydrogens (tertiary/aromatic N) is 1. The standard InChI is InChI=1S/C10H18N2/c1-3-4-5-6-7-10-11-8-9(2)12-10/h8H,3-7H2,1-2H3,(H,11,12). The SMILES string of the molecule is CCCCCCc1nc(C)c[nH]1. The lowest BCUT2D eigenvalue weighted by molar-refractivity contribution is 0.655. The van der Waals surface area contributed by atoms with Crippen LogP contribution in [0.3, 0.4) is 0 Å². The van der Waals surface area contributed by atoms with E-state index >= 15 is 0 Å². The lowest BCUT2D eigenvalue weighted by Crippen LogP contribution is -1.88. The Morgan fingerprint density at radius 3 is 2.75 bits per heavy atom. The molecule has 0 saturated carbocycles. The average Bonchev–Trinajstić information content (AvgIpc) is 2.45. The molecule has 0 aliphatic carbocycles. The van der Waals surface area contributed by atoms with Gasteiger partial charge >= 0.3 is 0 Å². The van der Waals surface area contributed by atoms with E-state index in [2.05, 4.69) is 16.9 Å². The highest BCUT2D eigenvalue weighted by atomic mass is 14.9. The summed E-state index contributed by atoms with van der Waals surface area (Å²) in [6.07, 6.45) is 8.32. The van der Waals surface area contributed by atoms with Gasteiger partial charge < -0.3 is 4.98 Å². The molecular formula is C10H18N2. The molecule has 0 bridgehead atoms. The van der Waals surface area contributed by atoms with Gasteiger partial charge in [-0.25, -0.2) is 4.98 Å². The number of imidazole rings is 1. The molecule has 0 spiro atoms. The van der Waals surface area contributed by atoms with E-state index in [9.17, 15) is 0 Å². The van der Waals surface area contributed by atoms with E-state index in [0.29, 0.717) is 0 Å². The zero-order valence-electron chi connectivity index (χ0n) is 8.06. The van der Waals surface area contributed by atoms with Crippen LogP contribution < -0.4 is 0 Å². The summed E-state index contributed by atoms with van der Waals surface area (Å²) in [6, 6.07) is 0. The van der Waals surface area contributed by atoms with Crippen molar-refractivity contribution in [2.45, 2.75) is 46.0 Å². The number of H-pyrrole nitrogens is 1. The van der Waals surface area contributed by atoms with Gasteiger partial charge in [0.2, 0.25) is 0 Å². The van der Waals surface area contributed by atoms with Crippen LogP contribution in [0, 0.1) is 6.92 Å². The fourth-order valence-corrected chi connectivity index (χ4v) is 1.31. The molecule has 0 aliphatic rings.